The summed E-state index contributed by atoms with van der Waals surface area (Å²) < 4.78 is 16.1. The number of aromatic hydroxyl groups is 1. The molecular weight excluding hydrogens is 508 g/mol. The van der Waals surface area contributed by atoms with E-state index in [0.29, 0.717) is 46.2 Å². The first kappa shape index (κ1) is 26.9. The van der Waals surface area contributed by atoms with Crippen molar-refractivity contribution in [2.45, 2.75) is 31.6 Å². The molecule has 1 aliphatic heterocycles. The number of phenolic OH excluding ortho intramolecular Hbond substituents is 1. The molecule has 5 rings (SSSR count). The largest absolute Gasteiger partial charge is 0.508 e. The fourth-order valence-electron chi connectivity index (χ4n) is 5.56. The van der Waals surface area contributed by atoms with E-state index < -0.39 is 5.92 Å². The number of hydrogen-bond donors (Lipinski definition) is 3. The van der Waals surface area contributed by atoms with Gasteiger partial charge in [-0.2, -0.15) is 0 Å². The molecule has 0 saturated carbocycles. The van der Waals surface area contributed by atoms with Gasteiger partial charge in [-0.15, -0.1) is 0 Å². The number of methoxy groups -OCH3 is 3. The molecule has 8 nitrogen and oxygen atoms in total. The highest BCUT2D eigenvalue weighted by molar-refractivity contribution is 6.10. The molecule has 0 radical (unpaired) electrons. The Morgan fingerprint density at radius 3 is 2.20 bits per heavy atom. The summed E-state index contributed by atoms with van der Waals surface area (Å²) >= 11 is 0. The summed E-state index contributed by atoms with van der Waals surface area (Å²) in [4.78, 5) is 27.6. The summed E-state index contributed by atoms with van der Waals surface area (Å²) in [7, 11) is 4.76. The van der Waals surface area contributed by atoms with Gasteiger partial charge in [-0.05, 0) is 78.9 Å². The molecule has 3 aromatic rings. The Morgan fingerprint density at radius 2 is 1.55 bits per heavy atom. The first-order valence-corrected chi connectivity index (χ1v) is 13.0. The molecule has 0 unspecified atom stereocenters. The van der Waals surface area contributed by atoms with Crippen molar-refractivity contribution >= 4 is 17.4 Å². The van der Waals surface area contributed by atoms with E-state index in [0.717, 1.165) is 16.8 Å². The van der Waals surface area contributed by atoms with Crippen molar-refractivity contribution in [3.8, 4) is 23.0 Å². The van der Waals surface area contributed by atoms with Gasteiger partial charge < -0.3 is 30.0 Å². The number of allylic oxidation sites excluding steroid dienone is 3. The average molecular weight is 541 g/mol. The number of rotatable bonds is 7. The fourth-order valence-corrected chi connectivity index (χ4v) is 5.56. The number of ketones is 1. The molecule has 1 amide bonds. The standard InChI is InChI=1S/C32H32N2O6/c1-18-29(32(37)34-22-8-12-24(38-2)13-9-22)30(19-5-10-23(35)11-6-19)31-25(33-18)15-21(16-26(31)36)20-7-14-27(39-3)28(17-20)40-4/h5-14,17,21,30,33,35H,15-16H2,1-4H3,(H,34,37)/t21-,30+/m1/s1. The zero-order valence-corrected chi connectivity index (χ0v) is 22.9. The van der Waals surface area contributed by atoms with Crippen LogP contribution in [0.15, 0.2) is 89.3 Å². The van der Waals surface area contributed by atoms with Crippen LogP contribution in [0, 0.1) is 0 Å². The molecule has 40 heavy (non-hydrogen) atoms. The van der Waals surface area contributed by atoms with Crippen LogP contribution in [0.4, 0.5) is 5.69 Å². The number of Topliss-reactive ketones (excluding diaryl/α,β-unsaturated/α-hetero) is 1. The normalized spacial score (nSPS) is 18.6. The predicted octanol–water partition coefficient (Wildman–Crippen LogP) is 5.42. The zero-order chi connectivity index (χ0) is 28.4. The second-order valence-electron chi connectivity index (χ2n) is 9.91. The van der Waals surface area contributed by atoms with Gasteiger partial charge in [-0.25, -0.2) is 0 Å². The number of carbonyl (C=O) groups is 2. The number of benzene rings is 3. The molecule has 2 atom stereocenters. The third kappa shape index (κ3) is 5.12. The Kier molecular flexibility index (Phi) is 7.51. The maximum atomic E-state index is 13.9. The summed E-state index contributed by atoms with van der Waals surface area (Å²) in [6, 6.07) is 19.5. The molecule has 206 valence electrons. The van der Waals surface area contributed by atoms with E-state index >= 15 is 0 Å². The SMILES string of the molecule is COc1ccc(NC(=O)C2=C(C)NC3=C(C(=O)C[C@H](c4ccc(OC)c(OC)c4)C3)[C@H]2c2ccc(O)cc2)cc1. The van der Waals surface area contributed by atoms with Gasteiger partial charge in [-0.1, -0.05) is 18.2 Å². The van der Waals surface area contributed by atoms with E-state index in [1.165, 1.54) is 0 Å². The molecular formula is C32H32N2O6. The van der Waals surface area contributed by atoms with Gasteiger partial charge in [0.1, 0.15) is 11.5 Å². The average Bonchev–Trinajstić information content (AvgIpc) is 2.96. The maximum Gasteiger partial charge on any atom is 0.254 e. The van der Waals surface area contributed by atoms with Crippen LogP contribution in [-0.2, 0) is 9.59 Å². The van der Waals surface area contributed by atoms with Crippen LogP contribution < -0.4 is 24.8 Å². The second kappa shape index (κ2) is 11.2. The monoisotopic (exact) mass is 540 g/mol. The van der Waals surface area contributed by atoms with Crippen LogP contribution in [0.5, 0.6) is 23.0 Å². The number of anilines is 1. The van der Waals surface area contributed by atoms with E-state index in [9.17, 15) is 14.7 Å². The summed E-state index contributed by atoms with van der Waals surface area (Å²) in [6.07, 6.45) is 0.882. The molecule has 8 heteroatoms. The van der Waals surface area contributed by atoms with E-state index in [4.69, 9.17) is 14.2 Å². The number of phenols is 1. The van der Waals surface area contributed by atoms with Crippen molar-refractivity contribution in [3.05, 3.63) is 100 Å². The number of ether oxygens (including phenoxy) is 3. The molecule has 3 aromatic carbocycles. The molecule has 0 spiro atoms. The van der Waals surface area contributed by atoms with Crippen LogP contribution in [-0.4, -0.2) is 38.1 Å². The highest BCUT2D eigenvalue weighted by Crippen LogP contribution is 2.46. The van der Waals surface area contributed by atoms with Gasteiger partial charge >= 0.3 is 0 Å². The number of carbonyl (C=O) groups excluding carboxylic acids is 2. The van der Waals surface area contributed by atoms with Crippen molar-refractivity contribution in [1.29, 1.82) is 0 Å². The fraction of sp³-hybridized carbons (Fsp3) is 0.250. The Hall–Kier alpha value is -4.72. The predicted molar refractivity (Wildman–Crippen MR) is 152 cm³/mol. The van der Waals surface area contributed by atoms with Crippen LogP contribution in [0.25, 0.3) is 0 Å². The Morgan fingerprint density at radius 1 is 0.875 bits per heavy atom. The van der Waals surface area contributed by atoms with Crippen LogP contribution in [0.1, 0.15) is 42.7 Å². The van der Waals surface area contributed by atoms with Gasteiger partial charge in [0.2, 0.25) is 0 Å². The number of nitrogens with one attached hydrogen (secondary N) is 2. The van der Waals surface area contributed by atoms with Crippen LogP contribution in [0.3, 0.4) is 0 Å². The third-order valence-corrected chi connectivity index (χ3v) is 7.53. The van der Waals surface area contributed by atoms with Crippen molar-refractivity contribution in [2.24, 2.45) is 0 Å². The lowest BCUT2D eigenvalue weighted by Crippen LogP contribution is -2.37. The molecule has 0 fully saturated rings. The summed E-state index contributed by atoms with van der Waals surface area (Å²) in [5.41, 5.74) is 4.84. The molecule has 3 N–H and O–H groups in total. The van der Waals surface area contributed by atoms with Crippen LogP contribution >= 0.6 is 0 Å². The van der Waals surface area contributed by atoms with Crippen molar-refractivity contribution < 1.29 is 28.9 Å². The molecule has 1 aliphatic carbocycles. The van der Waals surface area contributed by atoms with Gasteiger partial charge in [-0.3, -0.25) is 9.59 Å². The lowest BCUT2D eigenvalue weighted by molar-refractivity contribution is -0.116. The van der Waals surface area contributed by atoms with Gasteiger partial charge in [0.15, 0.2) is 17.3 Å². The minimum Gasteiger partial charge on any atom is -0.508 e. The third-order valence-electron chi connectivity index (χ3n) is 7.53. The summed E-state index contributed by atoms with van der Waals surface area (Å²) in [6.45, 7) is 1.85. The lowest BCUT2D eigenvalue weighted by atomic mass is 9.71. The highest BCUT2D eigenvalue weighted by atomic mass is 16.5. The van der Waals surface area contributed by atoms with Crippen molar-refractivity contribution in [2.75, 3.05) is 26.6 Å². The number of hydrogen-bond acceptors (Lipinski definition) is 7. The first-order valence-electron chi connectivity index (χ1n) is 13.0. The van der Waals surface area contributed by atoms with Crippen LogP contribution in [0.2, 0.25) is 0 Å². The lowest BCUT2D eigenvalue weighted by Gasteiger charge is -2.37. The minimum atomic E-state index is -0.589. The molecule has 2 aliphatic rings. The van der Waals surface area contributed by atoms with Gasteiger partial charge in [0, 0.05) is 40.6 Å². The summed E-state index contributed by atoms with van der Waals surface area (Å²) in [5, 5.41) is 16.3. The number of amides is 1. The van der Waals surface area contributed by atoms with E-state index in [1.807, 2.05) is 25.1 Å². The first-order chi connectivity index (χ1) is 19.3. The molecule has 0 aromatic heterocycles. The second-order valence-corrected chi connectivity index (χ2v) is 9.91. The number of dihydropyridines is 1. The topological polar surface area (TPSA) is 106 Å². The van der Waals surface area contributed by atoms with Crippen molar-refractivity contribution in [1.82, 2.24) is 5.32 Å². The Bertz CT molecular complexity index is 1510. The maximum absolute atomic E-state index is 13.9. The Labute approximate surface area is 233 Å². The minimum absolute atomic E-state index is 0.0335. The molecule has 0 bridgehead atoms. The Balaban J connectivity index is 1.52. The van der Waals surface area contributed by atoms with Gasteiger partial charge in [0.05, 0.1) is 21.3 Å². The highest BCUT2D eigenvalue weighted by Gasteiger charge is 2.41. The zero-order valence-electron chi connectivity index (χ0n) is 22.9. The van der Waals surface area contributed by atoms with E-state index in [1.54, 1.807) is 69.9 Å². The quantitative estimate of drug-likeness (QED) is 0.368. The summed E-state index contributed by atoms with van der Waals surface area (Å²) in [5.74, 6) is 1.03. The smallest absolute Gasteiger partial charge is 0.254 e. The van der Waals surface area contributed by atoms with E-state index in [-0.39, 0.29) is 29.8 Å². The van der Waals surface area contributed by atoms with Crippen molar-refractivity contribution in [3.63, 3.8) is 0 Å². The molecule has 0 saturated heterocycles. The molecule has 1 heterocycles. The van der Waals surface area contributed by atoms with E-state index in [2.05, 4.69) is 10.6 Å². The van der Waals surface area contributed by atoms with Gasteiger partial charge in [0.25, 0.3) is 5.91 Å².